The molecule has 0 atom stereocenters. The van der Waals surface area contributed by atoms with Gasteiger partial charge in [-0.25, -0.2) is 4.98 Å². The number of halogens is 1. The second-order valence-corrected chi connectivity index (χ2v) is 6.74. The molecule has 3 aromatic rings. The van der Waals surface area contributed by atoms with Crippen molar-refractivity contribution < 1.29 is 27.3 Å². The molecule has 0 aliphatic heterocycles. The number of nitrogens with zero attached hydrogens (tertiary/aromatic N) is 3. The number of hydrogen-bond acceptors (Lipinski definition) is 5. The summed E-state index contributed by atoms with van der Waals surface area (Å²) in [7, 11) is 0. The van der Waals surface area contributed by atoms with Gasteiger partial charge in [-0.1, -0.05) is 6.07 Å². The zero-order valence-corrected chi connectivity index (χ0v) is 19.1. The number of pyridine rings is 1. The molecule has 0 bridgehead atoms. The van der Waals surface area contributed by atoms with E-state index >= 15 is 0 Å². The van der Waals surface area contributed by atoms with Gasteiger partial charge in [-0.2, -0.15) is 0 Å². The van der Waals surface area contributed by atoms with Crippen LogP contribution in [0.1, 0.15) is 36.4 Å². The Morgan fingerprint density at radius 3 is 1.50 bits per heavy atom. The molecule has 0 amide bonds. The monoisotopic (exact) mass is 465 g/mol. The fourth-order valence-corrected chi connectivity index (χ4v) is 2.84. The van der Waals surface area contributed by atoms with Crippen LogP contribution in [0.15, 0.2) is 64.6 Å². The predicted molar refractivity (Wildman–Crippen MR) is 121 cm³/mol. The molecule has 1 heterocycles. The number of benzene rings is 2. The molecule has 0 saturated heterocycles. The normalized spacial score (nSPS) is 11.5. The summed E-state index contributed by atoms with van der Waals surface area (Å²) >= 11 is 0. The van der Waals surface area contributed by atoms with Gasteiger partial charge >= 0.3 is 0 Å². The summed E-state index contributed by atoms with van der Waals surface area (Å²) in [6.45, 7) is 7.64. The summed E-state index contributed by atoms with van der Waals surface area (Å²) in [4.78, 5) is 14.0. The third-order valence-electron chi connectivity index (χ3n) is 4.43. The van der Waals surface area contributed by atoms with Gasteiger partial charge in [0.2, 0.25) is 0 Å². The third-order valence-corrected chi connectivity index (χ3v) is 4.43. The first kappa shape index (κ1) is 25.4. The number of aromatic nitrogens is 1. The van der Waals surface area contributed by atoms with Crippen LogP contribution >= 0.6 is 12.4 Å². The van der Waals surface area contributed by atoms with Gasteiger partial charge in [0.15, 0.2) is 0 Å². The van der Waals surface area contributed by atoms with E-state index in [1.165, 1.54) is 0 Å². The van der Waals surface area contributed by atoms with Gasteiger partial charge in [0.25, 0.3) is 0 Å². The maximum atomic E-state index is 9.55. The molecule has 2 aromatic carbocycles. The first-order valence-electron chi connectivity index (χ1n) is 9.01. The molecule has 158 valence electrons. The summed E-state index contributed by atoms with van der Waals surface area (Å²) < 4.78 is 0. The average Bonchev–Trinajstić information content (AvgIpc) is 2.66. The van der Waals surface area contributed by atoms with Gasteiger partial charge in [-0.15, -0.1) is 12.4 Å². The van der Waals surface area contributed by atoms with Crippen LogP contribution < -0.4 is 0 Å². The van der Waals surface area contributed by atoms with Crippen molar-refractivity contribution in [2.75, 3.05) is 0 Å². The molecule has 0 spiro atoms. The Bertz CT molecular complexity index is 1010. The van der Waals surface area contributed by atoms with Crippen molar-refractivity contribution in [3.63, 3.8) is 0 Å². The zero-order valence-electron chi connectivity index (χ0n) is 17.2. The van der Waals surface area contributed by atoms with Crippen LogP contribution in [0, 0.1) is 13.8 Å². The van der Waals surface area contributed by atoms with Gasteiger partial charge in [-0.3, -0.25) is 9.98 Å². The number of hydrogen-bond donors (Lipinski definition) is 2. The molecular weight excluding hydrogens is 442 g/mol. The van der Waals surface area contributed by atoms with Gasteiger partial charge in [0.1, 0.15) is 11.5 Å². The Kier molecular flexibility index (Phi) is 9.24. The van der Waals surface area contributed by atoms with Gasteiger partial charge in [-0.05, 0) is 87.4 Å². The van der Waals surface area contributed by atoms with E-state index in [-0.39, 0.29) is 41.0 Å². The topological polar surface area (TPSA) is 78.1 Å². The minimum Gasteiger partial charge on any atom is -0.508 e. The second kappa shape index (κ2) is 10.9. The maximum absolute atomic E-state index is 9.55. The molecule has 0 radical (unpaired) electrons. The van der Waals surface area contributed by atoms with E-state index < -0.39 is 0 Å². The number of phenols is 2. The number of aromatic hydroxyl groups is 2. The van der Waals surface area contributed by atoms with Crippen LogP contribution in [0.2, 0.25) is 0 Å². The van der Waals surface area contributed by atoms with Crippen LogP contribution in [-0.2, 0) is 17.1 Å². The van der Waals surface area contributed by atoms with Gasteiger partial charge in [0, 0.05) is 17.1 Å². The molecule has 7 heteroatoms. The summed E-state index contributed by atoms with van der Waals surface area (Å²) in [6.07, 6.45) is 0. The number of aliphatic imine (C=N–C) groups is 2. The molecule has 30 heavy (non-hydrogen) atoms. The third kappa shape index (κ3) is 6.17. The number of aryl methyl sites for hydroxylation is 2. The van der Waals surface area contributed by atoms with Crippen LogP contribution in [0.25, 0.3) is 0 Å². The van der Waals surface area contributed by atoms with Crippen LogP contribution in [0.4, 0.5) is 11.4 Å². The smallest absolute Gasteiger partial charge is 0.115 e. The first-order valence-corrected chi connectivity index (χ1v) is 9.01. The van der Waals surface area contributed by atoms with Crippen LogP contribution in [0.3, 0.4) is 0 Å². The Labute approximate surface area is 193 Å². The fourth-order valence-electron chi connectivity index (χ4n) is 2.84. The Hall–Kier alpha value is -2.66. The van der Waals surface area contributed by atoms with Crippen molar-refractivity contribution in [3.8, 4) is 11.5 Å². The second-order valence-electron chi connectivity index (χ2n) is 6.74. The molecular formula is C23H24ClFeN3O2. The number of rotatable bonds is 4. The Morgan fingerprint density at radius 2 is 1.13 bits per heavy atom. The number of phenolic OH excluding ortho intramolecular Hbond substituents is 2. The van der Waals surface area contributed by atoms with Crippen molar-refractivity contribution >= 4 is 35.2 Å². The fraction of sp³-hybridized carbons (Fsp3) is 0.174. The van der Waals surface area contributed by atoms with Crippen LogP contribution in [-0.4, -0.2) is 26.6 Å². The quantitative estimate of drug-likeness (QED) is 0.377. The van der Waals surface area contributed by atoms with E-state index in [9.17, 15) is 10.2 Å². The van der Waals surface area contributed by atoms with Gasteiger partial charge in [0.05, 0.1) is 34.2 Å². The Morgan fingerprint density at radius 1 is 0.733 bits per heavy atom. The largest absolute Gasteiger partial charge is 0.508 e. The minimum atomic E-state index is 0. The van der Waals surface area contributed by atoms with E-state index in [1.54, 1.807) is 36.4 Å². The van der Waals surface area contributed by atoms with E-state index in [0.717, 1.165) is 45.3 Å². The Balaban J connectivity index is 0.00000225. The summed E-state index contributed by atoms with van der Waals surface area (Å²) in [6, 6.07) is 16.0. The van der Waals surface area contributed by atoms with E-state index in [2.05, 4.69) is 9.98 Å². The molecule has 1 aromatic heterocycles. The molecule has 0 unspecified atom stereocenters. The van der Waals surface area contributed by atoms with Crippen molar-refractivity contribution in [2.24, 2.45) is 9.98 Å². The van der Waals surface area contributed by atoms with Crippen LogP contribution in [0.5, 0.6) is 11.5 Å². The zero-order chi connectivity index (χ0) is 20.3. The molecule has 3 rings (SSSR count). The molecule has 2 N–H and O–H groups in total. The molecule has 5 nitrogen and oxygen atoms in total. The van der Waals surface area contributed by atoms with Crippen molar-refractivity contribution in [3.05, 3.63) is 77.1 Å². The van der Waals surface area contributed by atoms with Gasteiger partial charge < -0.3 is 10.2 Å². The summed E-state index contributed by atoms with van der Waals surface area (Å²) in [5.74, 6) is 0.455. The van der Waals surface area contributed by atoms with Crippen molar-refractivity contribution in [2.45, 2.75) is 27.7 Å². The van der Waals surface area contributed by atoms with Crippen molar-refractivity contribution in [1.82, 2.24) is 4.98 Å². The minimum absolute atomic E-state index is 0. The molecule has 0 aliphatic carbocycles. The van der Waals surface area contributed by atoms with Crippen molar-refractivity contribution in [1.29, 1.82) is 0 Å². The van der Waals surface area contributed by atoms with E-state index in [0.29, 0.717) is 0 Å². The molecule has 0 fully saturated rings. The standard InChI is InChI=1S/C23H23N3O2.ClH.Fe/c1-14-12-18(27)8-10-20(14)24-16(3)22-6-5-7-23(26-22)17(4)25-21-11-9-19(28)13-15(21)2;;/h5-13,27-28H,1-4H3;1H;/b24-16+,25-17+;;. The summed E-state index contributed by atoms with van der Waals surface area (Å²) in [5.41, 5.74) is 6.49. The first-order chi connectivity index (χ1) is 13.3. The average molecular weight is 466 g/mol. The molecule has 0 saturated carbocycles. The summed E-state index contributed by atoms with van der Waals surface area (Å²) in [5, 5.41) is 19.1. The SMILES string of the molecule is C/C(=N\c1ccc(O)cc1C)c1cccc(/C(C)=N/c2ccc(O)cc2C)n1.Cl.[Fe]. The van der Waals surface area contributed by atoms with E-state index in [4.69, 9.17) is 4.98 Å². The predicted octanol–water partition coefficient (Wildman–Crippen LogP) is 5.81. The molecule has 0 aliphatic rings. The van der Waals surface area contributed by atoms with E-state index in [1.807, 2.05) is 45.9 Å². The maximum Gasteiger partial charge on any atom is 0.115 e.